The zero-order valence-corrected chi connectivity index (χ0v) is 19.5. The SMILES string of the molecule is CC1=NN(c2ccc(C)c(C)c2)C(=O)/C1=N\Nc1c(O)c(-c2ccc(C(=O)O)o2)cc2c1CCC2. The molecule has 1 aliphatic carbocycles. The molecule has 0 spiro atoms. The van der Waals surface area contributed by atoms with E-state index in [-0.39, 0.29) is 28.9 Å². The number of furan rings is 1. The van der Waals surface area contributed by atoms with E-state index in [0.717, 1.165) is 41.5 Å². The molecule has 2 aliphatic rings. The number of amides is 1. The predicted octanol–water partition coefficient (Wildman–Crippen LogP) is 4.65. The summed E-state index contributed by atoms with van der Waals surface area (Å²) in [6.45, 7) is 5.68. The second kappa shape index (κ2) is 8.43. The monoisotopic (exact) mass is 472 g/mol. The van der Waals surface area contributed by atoms with Crippen LogP contribution in [-0.4, -0.2) is 33.5 Å². The van der Waals surface area contributed by atoms with Crippen LogP contribution in [0.4, 0.5) is 11.4 Å². The van der Waals surface area contributed by atoms with Crippen LogP contribution in [0.2, 0.25) is 0 Å². The molecule has 5 rings (SSSR count). The third-order valence-corrected chi connectivity index (χ3v) is 6.46. The number of hydrogen-bond donors (Lipinski definition) is 3. The zero-order chi connectivity index (χ0) is 24.9. The number of phenols is 1. The Morgan fingerprint density at radius 2 is 1.91 bits per heavy atom. The van der Waals surface area contributed by atoms with E-state index in [2.05, 4.69) is 15.6 Å². The molecule has 178 valence electrons. The number of anilines is 2. The molecule has 1 aromatic heterocycles. The summed E-state index contributed by atoms with van der Waals surface area (Å²) in [7, 11) is 0. The van der Waals surface area contributed by atoms with Crippen molar-refractivity contribution < 1.29 is 24.2 Å². The fourth-order valence-corrected chi connectivity index (χ4v) is 4.41. The third-order valence-electron chi connectivity index (χ3n) is 6.46. The van der Waals surface area contributed by atoms with Gasteiger partial charge in [-0.05, 0) is 92.6 Å². The van der Waals surface area contributed by atoms with E-state index in [1.807, 2.05) is 38.1 Å². The van der Waals surface area contributed by atoms with Crippen LogP contribution < -0.4 is 10.4 Å². The van der Waals surface area contributed by atoms with E-state index < -0.39 is 5.97 Å². The van der Waals surface area contributed by atoms with Crippen molar-refractivity contribution in [2.24, 2.45) is 10.2 Å². The van der Waals surface area contributed by atoms with Crippen molar-refractivity contribution >= 4 is 34.7 Å². The number of carbonyl (C=O) groups excluding carboxylic acids is 1. The van der Waals surface area contributed by atoms with Crippen LogP contribution in [0.1, 0.15) is 46.2 Å². The largest absolute Gasteiger partial charge is 0.505 e. The summed E-state index contributed by atoms with van der Waals surface area (Å²) in [5.41, 5.74) is 8.97. The van der Waals surface area contributed by atoms with Crippen molar-refractivity contribution in [1.82, 2.24) is 0 Å². The van der Waals surface area contributed by atoms with Crippen molar-refractivity contribution in [3.63, 3.8) is 0 Å². The molecule has 0 saturated carbocycles. The van der Waals surface area contributed by atoms with Crippen molar-refractivity contribution in [3.05, 3.63) is 64.4 Å². The molecule has 3 N–H and O–H groups in total. The van der Waals surface area contributed by atoms with Crippen molar-refractivity contribution in [3.8, 4) is 17.1 Å². The molecule has 0 fully saturated rings. The van der Waals surface area contributed by atoms with Gasteiger partial charge in [-0.15, -0.1) is 0 Å². The summed E-state index contributed by atoms with van der Waals surface area (Å²) in [6, 6.07) is 10.3. The Balaban J connectivity index is 1.49. The molecule has 35 heavy (non-hydrogen) atoms. The van der Waals surface area contributed by atoms with Gasteiger partial charge in [0.05, 0.1) is 17.0 Å². The summed E-state index contributed by atoms with van der Waals surface area (Å²) in [6.07, 6.45) is 2.45. The molecule has 9 nitrogen and oxygen atoms in total. The summed E-state index contributed by atoms with van der Waals surface area (Å²) >= 11 is 0. The minimum atomic E-state index is -1.19. The fraction of sp³-hybridized carbons (Fsp3) is 0.231. The number of nitrogens with one attached hydrogen (secondary N) is 1. The van der Waals surface area contributed by atoms with Gasteiger partial charge in [0, 0.05) is 0 Å². The number of aromatic hydroxyl groups is 1. The fourth-order valence-electron chi connectivity index (χ4n) is 4.41. The van der Waals surface area contributed by atoms with Crippen LogP contribution in [0, 0.1) is 13.8 Å². The van der Waals surface area contributed by atoms with E-state index in [4.69, 9.17) is 4.42 Å². The van der Waals surface area contributed by atoms with Crippen molar-refractivity contribution in [2.45, 2.75) is 40.0 Å². The van der Waals surface area contributed by atoms with Crippen LogP contribution in [0.5, 0.6) is 5.75 Å². The van der Waals surface area contributed by atoms with E-state index in [9.17, 15) is 19.8 Å². The van der Waals surface area contributed by atoms with Crippen LogP contribution in [-0.2, 0) is 17.6 Å². The first-order chi connectivity index (χ1) is 16.7. The van der Waals surface area contributed by atoms with Gasteiger partial charge in [-0.1, -0.05) is 6.07 Å². The summed E-state index contributed by atoms with van der Waals surface area (Å²) in [4.78, 5) is 24.3. The Bertz CT molecular complexity index is 1450. The molecule has 0 saturated heterocycles. The highest BCUT2D eigenvalue weighted by atomic mass is 16.4. The maximum atomic E-state index is 13.1. The predicted molar refractivity (Wildman–Crippen MR) is 132 cm³/mol. The molecule has 3 aromatic rings. The van der Waals surface area contributed by atoms with Gasteiger partial charge in [-0.2, -0.15) is 15.2 Å². The van der Waals surface area contributed by atoms with Crippen LogP contribution in [0.25, 0.3) is 11.3 Å². The second-order valence-electron chi connectivity index (χ2n) is 8.75. The van der Waals surface area contributed by atoms with E-state index >= 15 is 0 Å². The van der Waals surface area contributed by atoms with Crippen LogP contribution in [0.15, 0.2) is 51.0 Å². The molecule has 1 amide bonds. The Labute approximate surface area is 201 Å². The first-order valence-electron chi connectivity index (χ1n) is 11.3. The van der Waals surface area contributed by atoms with Gasteiger partial charge in [0.2, 0.25) is 5.76 Å². The zero-order valence-electron chi connectivity index (χ0n) is 19.5. The first kappa shape index (κ1) is 22.4. The number of carboxylic acids is 1. The molecular formula is C26H24N4O5. The number of fused-ring (bicyclic) bond motifs is 1. The third kappa shape index (κ3) is 3.84. The average molecular weight is 473 g/mol. The summed E-state index contributed by atoms with van der Waals surface area (Å²) < 4.78 is 5.42. The Morgan fingerprint density at radius 1 is 1.11 bits per heavy atom. The quantitative estimate of drug-likeness (QED) is 0.366. The smallest absolute Gasteiger partial charge is 0.371 e. The maximum Gasteiger partial charge on any atom is 0.371 e. The minimum Gasteiger partial charge on any atom is -0.505 e. The molecule has 0 bridgehead atoms. The second-order valence-corrected chi connectivity index (χ2v) is 8.75. The number of benzene rings is 2. The molecule has 2 aromatic carbocycles. The highest BCUT2D eigenvalue weighted by Crippen LogP contribution is 2.43. The molecule has 0 atom stereocenters. The van der Waals surface area contributed by atoms with Crippen LogP contribution in [0.3, 0.4) is 0 Å². The molecule has 0 unspecified atom stereocenters. The lowest BCUT2D eigenvalue weighted by atomic mass is 10.0. The number of nitrogens with zero attached hydrogens (tertiary/aromatic N) is 3. The van der Waals surface area contributed by atoms with E-state index in [0.29, 0.717) is 22.6 Å². The lowest BCUT2D eigenvalue weighted by Crippen LogP contribution is -2.28. The Morgan fingerprint density at radius 3 is 2.63 bits per heavy atom. The van der Waals surface area contributed by atoms with Crippen molar-refractivity contribution in [2.75, 3.05) is 10.4 Å². The topological polar surface area (TPSA) is 128 Å². The number of hydrogen-bond acceptors (Lipinski definition) is 7. The lowest BCUT2D eigenvalue weighted by molar-refractivity contribution is -0.112. The first-order valence-corrected chi connectivity index (χ1v) is 11.3. The van der Waals surface area contributed by atoms with Gasteiger partial charge in [0.15, 0.2) is 11.5 Å². The molecule has 2 heterocycles. The summed E-state index contributed by atoms with van der Waals surface area (Å²) in [5.74, 6) is -1.66. The molecule has 1 aliphatic heterocycles. The number of aryl methyl sites for hydroxylation is 3. The van der Waals surface area contributed by atoms with Crippen molar-refractivity contribution in [1.29, 1.82) is 0 Å². The van der Waals surface area contributed by atoms with Gasteiger partial charge in [-0.3, -0.25) is 10.2 Å². The maximum absolute atomic E-state index is 13.1. The number of aromatic carboxylic acids is 1. The van der Waals surface area contributed by atoms with Gasteiger partial charge >= 0.3 is 11.9 Å². The average Bonchev–Trinajstić information content (AvgIpc) is 3.55. The molecule has 9 heteroatoms. The number of carboxylic acid groups (broad SMARTS) is 1. The highest BCUT2D eigenvalue weighted by Gasteiger charge is 2.31. The van der Waals surface area contributed by atoms with Gasteiger partial charge < -0.3 is 14.6 Å². The molecule has 0 radical (unpaired) electrons. The lowest BCUT2D eigenvalue weighted by Gasteiger charge is -2.15. The van der Waals surface area contributed by atoms with Gasteiger partial charge in [0.25, 0.3) is 0 Å². The number of rotatable bonds is 5. The van der Waals surface area contributed by atoms with Gasteiger partial charge in [0.1, 0.15) is 11.4 Å². The Kier molecular flexibility index (Phi) is 5.39. The van der Waals surface area contributed by atoms with Crippen LogP contribution >= 0.6 is 0 Å². The molecular weight excluding hydrogens is 448 g/mol. The number of phenolic OH excluding ortho intramolecular Hbond substituents is 1. The van der Waals surface area contributed by atoms with E-state index in [1.165, 1.54) is 17.1 Å². The Hall–Kier alpha value is -4.40. The minimum absolute atomic E-state index is 0.118. The highest BCUT2D eigenvalue weighted by molar-refractivity contribution is 6.71. The number of hydrazone groups is 2. The normalized spacial score (nSPS) is 16.1. The standard InChI is InChI=1S/C26H24N4O5/c1-13-7-8-17(11-14(13)2)30-25(32)22(15(3)29-30)27-28-23-18-6-4-5-16(18)12-19(24(23)31)20-9-10-21(35-20)26(33)34/h7-12,28,31H,4-6H2,1-3H3,(H,33,34)/b27-22-. The van der Waals surface area contributed by atoms with Gasteiger partial charge in [-0.25, -0.2) is 4.79 Å². The summed E-state index contributed by atoms with van der Waals surface area (Å²) in [5, 5.41) is 30.3. The number of carbonyl (C=O) groups is 2. The van der Waals surface area contributed by atoms with E-state index in [1.54, 1.807) is 6.92 Å².